The lowest BCUT2D eigenvalue weighted by Crippen LogP contribution is -2.46. The van der Waals surface area contributed by atoms with E-state index < -0.39 is 17.9 Å². The SMILES string of the molecule is N=C(c1cnc[nH]1)C(NC(=O)c1ccccc1)C(=O)O. The number of benzene rings is 1. The van der Waals surface area contributed by atoms with Crippen molar-refractivity contribution < 1.29 is 14.7 Å². The molecule has 1 aromatic heterocycles. The molecule has 0 spiro atoms. The number of carboxylic acid groups (broad SMARTS) is 1. The first kappa shape index (κ1) is 13.5. The Balaban J connectivity index is 2.17. The van der Waals surface area contributed by atoms with Gasteiger partial charge in [-0.3, -0.25) is 4.79 Å². The average Bonchev–Trinajstić information content (AvgIpc) is 2.98. The topological polar surface area (TPSA) is 119 Å². The lowest BCUT2D eigenvalue weighted by molar-refractivity contribution is -0.137. The highest BCUT2D eigenvalue weighted by molar-refractivity contribution is 6.14. The monoisotopic (exact) mass is 272 g/mol. The van der Waals surface area contributed by atoms with E-state index in [0.29, 0.717) is 5.56 Å². The molecule has 20 heavy (non-hydrogen) atoms. The Kier molecular flexibility index (Phi) is 3.90. The number of aromatic nitrogens is 2. The van der Waals surface area contributed by atoms with Gasteiger partial charge in [0, 0.05) is 5.56 Å². The lowest BCUT2D eigenvalue weighted by Gasteiger charge is -2.14. The highest BCUT2D eigenvalue weighted by Gasteiger charge is 2.27. The zero-order chi connectivity index (χ0) is 14.5. The summed E-state index contributed by atoms with van der Waals surface area (Å²) in [5, 5.41) is 19.3. The molecule has 0 saturated carbocycles. The molecule has 0 bridgehead atoms. The number of carboxylic acids is 1. The van der Waals surface area contributed by atoms with Gasteiger partial charge < -0.3 is 20.8 Å². The van der Waals surface area contributed by atoms with Crippen molar-refractivity contribution in [2.75, 3.05) is 0 Å². The molecule has 0 aliphatic rings. The molecule has 0 saturated heterocycles. The molecule has 0 fully saturated rings. The summed E-state index contributed by atoms with van der Waals surface area (Å²) < 4.78 is 0. The molecule has 1 unspecified atom stereocenters. The fourth-order valence-corrected chi connectivity index (χ4v) is 1.62. The highest BCUT2D eigenvalue weighted by atomic mass is 16.4. The molecule has 7 nitrogen and oxygen atoms in total. The van der Waals surface area contributed by atoms with Gasteiger partial charge in [-0.05, 0) is 12.1 Å². The smallest absolute Gasteiger partial charge is 0.332 e. The minimum Gasteiger partial charge on any atom is -0.479 e. The van der Waals surface area contributed by atoms with Gasteiger partial charge in [-0.2, -0.15) is 0 Å². The Morgan fingerprint density at radius 1 is 1.30 bits per heavy atom. The number of nitrogens with zero attached hydrogens (tertiary/aromatic N) is 1. The molecule has 1 amide bonds. The second kappa shape index (κ2) is 5.79. The molecule has 2 rings (SSSR count). The summed E-state index contributed by atoms with van der Waals surface area (Å²) >= 11 is 0. The first-order chi connectivity index (χ1) is 9.59. The number of rotatable bonds is 5. The van der Waals surface area contributed by atoms with Crippen molar-refractivity contribution in [3.63, 3.8) is 0 Å². The first-order valence-electron chi connectivity index (χ1n) is 5.75. The number of amides is 1. The maximum Gasteiger partial charge on any atom is 0.332 e. The van der Waals surface area contributed by atoms with Crippen LogP contribution in [-0.4, -0.2) is 38.7 Å². The fraction of sp³-hybridized carbons (Fsp3) is 0.0769. The minimum atomic E-state index is -1.44. The van der Waals surface area contributed by atoms with Crippen molar-refractivity contribution in [3.8, 4) is 0 Å². The van der Waals surface area contributed by atoms with E-state index in [9.17, 15) is 9.59 Å². The standard InChI is InChI=1S/C13H12N4O3/c14-10(9-6-15-7-16-9)11(13(19)20)17-12(18)8-4-2-1-3-5-8/h1-7,11,14H,(H,15,16)(H,17,18)(H,19,20). The zero-order valence-electron chi connectivity index (χ0n) is 10.3. The van der Waals surface area contributed by atoms with E-state index in [1.165, 1.54) is 12.5 Å². The molecule has 1 heterocycles. The van der Waals surface area contributed by atoms with Crippen LogP contribution in [0.5, 0.6) is 0 Å². The van der Waals surface area contributed by atoms with Crippen molar-refractivity contribution in [3.05, 3.63) is 54.1 Å². The largest absolute Gasteiger partial charge is 0.479 e. The van der Waals surface area contributed by atoms with E-state index >= 15 is 0 Å². The van der Waals surface area contributed by atoms with Gasteiger partial charge in [0.05, 0.1) is 23.9 Å². The summed E-state index contributed by atoms with van der Waals surface area (Å²) in [6.07, 6.45) is 2.66. The van der Waals surface area contributed by atoms with Gasteiger partial charge in [0.25, 0.3) is 5.91 Å². The van der Waals surface area contributed by atoms with Crippen LogP contribution < -0.4 is 5.32 Å². The van der Waals surface area contributed by atoms with Crippen LogP contribution in [0.15, 0.2) is 42.9 Å². The highest BCUT2D eigenvalue weighted by Crippen LogP contribution is 2.03. The predicted octanol–water partition coefficient (Wildman–Crippen LogP) is 0.661. The Morgan fingerprint density at radius 3 is 2.55 bits per heavy atom. The third-order valence-corrected chi connectivity index (χ3v) is 2.64. The maximum absolute atomic E-state index is 11.9. The summed E-state index contributed by atoms with van der Waals surface area (Å²) in [6, 6.07) is 6.78. The van der Waals surface area contributed by atoms with E-state index in [4.69, 9.17) is 10.5 Å². The third kappa shape index (κ3) is 2.89. The zero-order valence-corrected chi connectivity index (χ0v) is 10.3. The van der Waals surface area contributed by atoms with Crippen LogP contribution in [-0.2, 0) is 4.79 Å². The molecule has 1 atom stereocenters. The van der Waals surface area contributed by atoms with Crippen LogP contribution in [0.25, 0.3) is 0 Å². The van der Waals surface area contributed by atoms with E-state index in [2.05, 4.69) is 15.3 Å². The van der Waals surface area contributed by atoms with Gasteiger partial charge in [0.1, 0.15) is 0 Å². The quantitative estimate of drug-likeness (QED) is 0.598. The summed E-state index contributed by atoms with van der Waals surface area (Å²) in [5.41, 5.74) is 0.307. The van der Waals surface area contributed by atoms with Crippen LogP contribution in [0.3, 0.4) is 0 Å². The number of hydrogen-bond acceptors (Lipinski definition) is 4. The summed E-state index contributed by atoms with van der Waals surface area (Å²) in [5.74, 6) is -1.86. The first-order valence-corrected chi connectivity index (χ1v) is 5.75. The van der Waals surface area contributed by atoms with Crippen molar-refractivity contribution in [2.24, 2.45) is 0 Å². The van der Waals surface area contributed by atoms with Gasteiger partial charge in [0.15, 0.2) is 6.04 Å². The van der Waals surface area contributed by atoms with Crippen LogP contribution in [0.4, 0.5) is 0 Å². The fourth-order valence-electron chi connectivity index (χ4n) is 1.62. The van der Waals surface area contributed by atoms with Crippen LogP contribution in [0.1, 0.15) is 16.1 Å². The molecule has 102 valence electrons. The van der Waals surface area contributed by atoms with Gasteiger partial charge in [-0.25, -0.2) is 9.78 Å². The number of carbonyl (C=O) groups excluding carboxylic acids is 1. The van der Waals surface area contributed by atoms with Crippen molar-refractivity contribution in [1.29, 1.82) is 5.41 Å². The van der Waals surface area contributed by atoms with E-state index in [-0.39, 0.29) is 11.4 Å². The van der Waals surface area contributed by atoms with Gasteiger partial charge in [0.2, 0.25) is 0 Å². The number of H-pyrrole nitrogens is 1. The van der Waals surface area contributed by atoms with Crippen molar-refractivity contribution >= 4 is 17.6 Å². The molecule has 0 aliphatic heterocycles. The maximum atomic E-state index is 11.9. The van der Waals surface area contributed by atoms with Crippen molar-refractivity contribution in [1.82, 2.24) is 15.3 Å². The summed E-state index contributed by atoms with van der Waals surface area (Å²) in [6.45, 7) is 0. The normalized spacial score (nSPS) is 11.6. The van der Waals surface area contributed by atoms with E-state index in [1.54, 1.807) is 30.3 Å². The molecule has 0 aliphatic carbocycles. The molecule has 2 aromatic rings. The Bertz CT molecular complexity index is 622. The molecule has 7 heteroatoms. The Labute approximate surface area is 114 Å². The van der Waals surface area contributed by atoms with Crippen LogP contribution in [0.2, 0.25) is 0 Å². The van der Waals surface area contributed by atoms with Crippen LogP contribution >= 0.6 is 0 Å². The second-order valence-corrected chi connectivity index (χ2v) is 3.99. The number of imidazole rings is 1. The second-order valence-electron chi connectivity index (χ2n) is 3.99. The molecule has 4 N–H and O–H groups in total. The van der Waals surface area contributed by atoms with Crippen molar-refractivity contribution in [2.45, 2.75) is 6.04 Å². The molecule has 1 aromatic carbocycles. The number of carbonyl (C=O) groups is 2. The number of aliphatic carboxylic acids is 1. The number of hydrogen-bond donors (Lipinski definition) is 4. The van der Waals surface area contributed by atoms with Gasteiger partial charge >= 0.3 is 5.97 Å². The van der Waals surface area contributed by atoms with Gasteiger partial charge in [-0.1, -0.05) is 18.2 Å². The Morgan fingerprint density at radius 2 is 2.00 bits per heavy atom. The summed E-state index contributed by atoms with van der Waals surface area (Å²) in [7, 11) is 0. The molecular formula is C13H12N4O3. The molecular weight excluding hydrogens is 260 g/mol. The number of nitrogens with one attached hydrogen (secondary N) is 3. The Hall–Kier alpha value is -2.96. The van der Waals surface area contributed by atoms with Gasteiger partial charge in [-0.15, -0.1) is 0 Å². The average molecular weight is 272 g/mol. The third-order valence-electron chi connectivity index (χ3n) is 2.64. The predicted molar refractivity (Wildman–Crippen MR) is 70.7 cm³/mol. The van der Waals surface area contributed by atoms with E-state index in [1.807, 2.05) is 0 Å². The van der Waals surface area contributed by atoms with E-state index in [0.717, 1.165) is 0 Å². The molecule has 0 radical (unpaired) electrons. The minimum absolute atomic E-state index is 0.241. The lowest BCUT2D eigenvalue weighted by atomic mass is 10.1. The summed E-state index contributed by atoms with van der Waals surface area (Å²) in [4.78, 5) is 29.5. The van der Waals surface area contributed by atoms with Crippen LogP contribution in [0, 0.1) is 5.41 Å². The number of aromatic amines is 1.